The highest BCUT2D eigenvalue weighted by atomic mass is 32.2. The quantitative estimate of drug-likeness (QED) is 0.494. The second-order valence-electron chi connectivity index (χ2n) is 6.76. The van der Waals surface area contributed by atoms with Gasteiger partial charge in [0.2, 0.25) is 0 Å². The van der Waals surface area contributed by atoms with Gasteiger partial charge in [-0.15, -0.1) is 0 Å². The first-order valence-corrected chi connectivity index (χ1v) is 10.5. The van der Waals surface area contributed by atoms with Crippen LogP contribution in [0.4, 0.5) is 18.9 Å². The molecule has 0 saturated carbocycles. The van der Waals surface area contributed by atoms with Crippen molar-refractivity contribution in [3.63, 3.8) is 0 Å². The van der Waals surface area contributed by atoms with Crippen LogP contribution in [0, 0.1) is 0 Å². The molecule has 0 unspecified atom stereocenters. The van der Waals surface area contributed by atoms with Gasteiger partial charge in [0.05, 0.1) is 22.8 Å². The van der Waals surface area contributed by atoms with Crippen molar-refractivity contribution in [2.45, 2.75) is 13.1 Å². The summed E-state index contributed by atoms with van der Waals surface area (Å²) in [6.07, 6.45) is -1.16. The standard InChI is InChI=1S/C23H18F3N3O2S/c1-2-31-19-10-8-16(9-11-19)27-22-28-21(30)20(32-22)14-18-7-4-12-29(18)17-6-3-5-15(13-17)23(24,25)26/h3-14H,2H2,1H3,(H,27,28,30)/b20-14-. The summed E-state index contributed by atoms with van der Waals surface area (Å²) in [6, 6.07) is 15.6. The molecule has 2 aromatic carbocycles. The Morgan fingerprint density at radius 2 is 1.91 bits per heavy atom. The number of hydrogen-bond donors (Lipinski definition) is 1. The molecule has 1 N–H and O–H groups in total. The van der Waals surface area contributed by atoms with Crippen LogP contribution in [-0.2, 0) is 11.0 Å². The molecule has 1 fully saturated rings. The van der Waals surface area contributed by atoms with Gasteiger partial charge in [0.25, 0.3) is 5.91 Å². The lowest BCUT2D eigenvalue weighted by Gasteiger charge is -2.11. The lowest BCUT2D eigenvalue weighted by Crippen LogP contribution is -2.19. The molecule has 4 rings (SSSR count). The van der Waals surface area contributed by atoms with E-state index in [-0.39, 0.29) is 5.91 Å². The molecule has 0 spiro atoms. The van der Waals surface area contributed by atoms with Crippen molar-refractivity contribution in [2.24, 2.45) is 4.99 Å². The molecule has 1 saturated heterocycles. The van der Waals surface area contributed by atoms with Crippen LogP contribution in [0.2, 0.25) is 0 Å². The monoisotopic (exact) mass is 457 g/mol. The Morgan fingerprint density at radius 1 is 1.12 bits per heavy atom. The van der Waals surface area contributed by atoms with Gasteiger partial charge in [0, 0.05) is 17.6 Å². The number of rotatable bonds is 5. The van der Waals surface area contributed by atoms with Crippen LogP contribution in [0.15, 0.2) is 76.8 Å². The summed E-state index contributed by atoms with van der Waals surface area (Å²) >= 11 is 1.16. The highest BCUT2D eigenvalue weighted by Gasteiger charge is 2.30. The second kappa shape index (κ2) is 8.96. The smallest absolute Gasteiger partial charge is 0.416 e. The number of benzene rings is 2. The Kier molecular flexibility index (Phi) is 6.09. The molecular weight excluding hydrogens is 439 g/mol. The third-order valence-corrected chi connectivity index (χ3v) is 5.45. The van der Waals surface area contributed by atoms with Crippen molar-refractivity contribution < 1.29 is 22.7 Å². The Bertz CT molecular complexity index is 1200. The fourth-order valence-electron chi connectivity index (χ4n) is 3.09. The van der Waals surface area contributed by atoms with Gasteiger partial charge < -0.3 is 14.6 Å². The minimum absolute atomic E-state index is 0.323. The summed E-state index contributed by atoms with van der Waals surface area (Å²) in [5, 5.41) is 3.13. The molecule has 0 radical (unpaired) electrons. The molecule has 2 heterocycles. The summed E-state index contributed by atoms with van der Waals surface area (Å²) in [5.74, 6) is 0.409. The number of aromatic nitrogens is 1. The van der Waals surface area contributed by atoms with Crippen molar-refractivity contribution in [1.29, 1.82) is 0 Å². The molecule has 32 heavy (non-hydrogen) atoms. The van der Waals surface area contributed by atoms with Crippen molar-refractivity contribution in [1.82, 2.24) is 9.88 Å². The molecule has 0 aliphatic carbocycles. The maximum Gasteiger partial charge on any atom is 0.416 e. The van der Waals surface area contributed by atoms with Crippen LogP contribution in [0.5, 0.6) is 5.75 Å². The normalized spacial score (nSPS) is 16.6. The van der Waals surface area contributed by atoms with Crippen LogP contribution in [0.25, 0.3) is 11.8 Å². The molecule has 0 atom stereocenters. The van der Waals surface area contributed by atoms with E-state index in [0.29, 0.717) is 33.7 Å². The number of halogens is 3. The van der Waals surface area contributed by atoms with E-state index >= 15 is 0 Å². The summed E-state index contributed by atoms with van der Waals surface area (Å²) < 4.78 is 46.2. The number of ether oxygens (including phenoxy) is 1. The number of nitrogens with one attached hydrogen (secondary N) is 1. The Balaban J connectivity index is 1.57. The first-order chi connectivity index (χ1) is 15.3. The Morgan fingerprint density at radius 3 is 2.62 bits per heavy atom. The maximum atomic E-state index is 13.1. The number of alkyl halides is 3. The molecule has 1 amide bonds. The van der Waals surface area contributed by atoms with Gasteiger partial charge in [-0.3, -0.25) is 4.79 Å². The number of aliphatic imine (C=N–C) groups is 1. The zero-order valence-corrected chi connectivity index (χ0v) is 17.7. The Labute approximate surface area is 186 Å². The van der Waals surface area contributed by atoms with Crippen LogP contribution in [0.3, 0.4) is 0 Å². The van der Waals surface area contributed by atoms with Gasteiger partial charge in [-0.25, -0.2) is 4.99 Å². The minimum atomic E-state index is -4.44. The van der Waals surface area contributed by atoms with Gasteiger partial charge in [0.15, 0.2) is 5.17 Å². The number of carbonyl (C=O) groups is 1. The summed E-state index contributed by atoms with van der Waals surface area (Å²) in [5.41, 5.74) is 0.845. The van der Waals surface area contributed by atoms with Crippen molar-refractivity contribution >= 4 is 34.6 Å². The fraction of sp³-hybridized carbons (Fsp3) is 0.130. The van der Waals surface area contributed by atoms with Gasteiger partial charge in [0.1, 0.15) is 5.75 Å². The maximum absolute atomic E-state index is 13.1. The zero-order valence-electron chi connectivity index (χ0n) is 16.9. The predicted molar refractivity (Wildman–Crippen MR) is 119 cm³/mol. The number of carbonyl (C=O) groups excluding carboxylic acids is 1. The molecule has 9 heteroatoms. The number of amidine groups is 1. The van der Waals surface area contributed by atoms with Crippen LogP contribution >= 0.6 is 11.8 Å². The van der Waals surface area contributed by atoms with Gasteiger partial charge in [-0.2, -0.15) is 13.2 Å². The highest BCUT2D eigenvalue weighted by molar-refractivity contribution is 8.18. The SMILES string of the molecule is CCOc1ccc(N=C2NC(=O)/C(=C/c3cccn3-c3cccc(C(F)(F)F)c3)S2)cc1. The molecular formula is C23H18F3N3O2S. The van der Waals surface area contributed by atoms with E-state index < -0.39 is 11.7 Å². The first kappa shape index (κ1) is 21.8. The lowest BCUT2D eigenvalue weighted by molar-refractivity contribution is -0.137. The second-order valence-corrected chi connectivity index (χ2v) is 7.79. The molecule has 1 aliphatic rings. The Hall–Kier alpha value is -3.46. The number of hydrogen-bond acceptors (Lipinski definition) is 4. The molecule has 164 valence electrons. The predicted octanol–water partition coefficient (Wildman–Crippen LogP) is 5.79. The van der Waals surface area contributed by atoms with Crippen LogP contribution in [0.1, 0.15) is 18.2 Å². The van der Waals surface area contributed by atoms with Crippen LogP contribution < -0.4 is 10.1 Å². The van der Waals surface area contributed by atoms with E-state index in [0.717, 1.165) is 29.6 Å². The van der Waals surface area contributed by atoms with Crippen LogP contribution in [-0.4, -0.2) is 22.2 Å². The summed E-state index contributed by atoms with van der Waals surface area (Å²) in [6.45, 7) is 2.46. The largest absolute Gasteiger partial charge is 0.494 e. The number of nitrogens with zero attached hydrogens (tertiary/aromatic N) is 2. The summed E-state index contributed by atoms with van der Waals surface area (Å²) in [7, 11) is 0. The van der Waals surface area contributed by atoms with Gasteiger partial charge >= 0.3 is 6.18 Å². The van der Waals surface area contributed by atoms with Crippen molar-refractivity contribution in [3.8, 4) is 11.4 Å². The molecule has 5 nitrogen and oxygen atoms in total. The van der Waals surface area contributed by atoms with Crippen molar-refractivity contribution in [3.05, 3.63) is 83.0 Å². The van der Waals surface area contributed by atoms with E-state index in [1.54, 1.807) is 59.3 Å². The molecule has 1 aromatic heterocycles. The fourth-order valence-corrected chi connectivity index (χ4v) is 3.92. The van der Waals surface area contributed by atoms with E-state index in [1.807, 2.05) is 6.92 Å². The topological polar surface area (TPSA) is 55.6 Å². The zero-order chi connectivity index (χ0) is 22.7. The van der Waals surface area contributed by atoms with Crippen molar-refractivity contribution in [2.75, 3.05) is 6.61 Å². The average molecular weight is 457 g/mol. The highest BCUT2D eigenvalue weighted by Crippen LogP contribution is 2.32. The number of amides is 1. The third kappa shape index (κ3) is 4.88. The van der Waals surface area contributed by atoms with E-state index in [4.69, 9.17) is 4.74 Å². The summed E-state index contributed by atoms with van der Waals surface area (Å²) in [4.78, 5) is 17.2. The molecule has 3 aromatic rings. The molecule has 1 aliphatic heterocycles. The van der Waals surface area contributed by atoms with E-state index in [9.17, 15) is 18.0 Å². The lowest BCUT2D eigenvalue weighted by atomic mass is 10.2. The number of thioether (sulfide) groups is 1. The van der Waals surface area contributed by atoms with Gasteiger partial charge in [-0.1, -0.05) is 6.07 Å². The van der Waals surface area contributed by atoms with Gasteiger partial charge in [-0.05, 0) is 79.4 Å². The van der Waals surface area contributed by atoms with E-state index in [1.165, 1.54) is 6.07 Å². The van der Waals surface area contributed by atoms with E-state index in [2.05, 4.69) is 10.3 Å². The third-order valence-electron chi connectivity index (χ3n) is 4.54. The molecule has 0 bridgehead atoms. The first-order valence-electron chi connectivity index (χ1n) is 9.71. The minimum Gasteiger partial charge on any atom is -0.494 e. The average Bonchev–Trinajstić information content (AvgIpc) is 3.36.